The van der Waals surface area contributed by atoms with Crippen LogP contribution in [0.5, 0.6) is 0 Å². The van der Waals surface area contributed by atoms with Gasteiger partial charge in [0.25, 0.3) is 0 Å². The summed E-state index contributed by atoms with van der Waals surface area (Å²) in [5.74, 6) is 0. The predicted molar refractivity (Wildman–Crippen MR) is 85.2 cm³/mol. The molecule has 0 radical (unpaired) electrons. The van der Waals surface area contributed by atoms with E-state index < -0.39 is 17.7 Å². The molecular formula is C18H21NO3. The van der Waals surface area contributed by atoms with Crippen LogP contribution in [0.2, 0.25) is 0 Å². The van der Waals surface area contributed by atoms with Crippen LogP contribution in [-0.4, -0.2) is 17.2 Å². The molecule has 116 valence electrons. The lowest BCUT2D eigenvalue weighted by molar-refractivity contribution is 0.0191. The van der Waals surface area contributed by atoms with Crippen LogP contribution in [0, 0.1) is 0 Å². The van der Waals surface area contributed by atoms with E-state index in [0.29, 0.717) is 0 Å². The molecule has 1 amide bonds. The maximum Gasteiger partial charge on any atom is 0.407 e. The first-order valence-electron chi connectivity index (χ1n) is 7.25. The Balaban J connectivity index is 1.91. The third-order valence-corrected chi connectivity index (χ3v) is 3.75. The van der Waals surface area contributed by atoms with Crippen LogP contribution in [0.3, 0.4) is 0 Å². The van der Waals surface area contributed by atoms with Gasteiger partial charge in [-0.2, -0.15) is 0 Å². The average molecular weight is 299 g/mol. The number of nitrogens with one attached hydrogen (secondary N) is 1. The highest BCUT2D eigenvalue weighted by molar-refractivity contribution is 5.67. The average Bonchev–Trinajstić information content (AvgIpc) is 2.54. The van der Waals surface area contributed by atoms with E-state index in [1.807, 2.05) is 60.7 Å². The fourth-order valence-electron chi connectivity index (χ4n) is 2.11. The summed E-state index contributed by atoms with van der Waals surface area (Å²) in [7, 11) is 0. The summed E-state index contributed by atoms with van der Waals surface area (Å²) in [6, 6.07) is 18.2. The summed E-state index contributed by atoms with van der Waals surface area (Å²) in [6.45, 7) is 3.62. The zero-order chi connectivity index (χ0) is 16.0. The number of aliphatic hydroxyl groups is 1. The number of amides is 1. The summed E-state index contributed by atoms with van der Waals surface area (Å²) < 4.78 is 5.17. The van der Waals surface area contributed by atoms with E-state index in [4.69, 9.17) is 4.74 Å². The monoisotopic (exact) mass is 299 g/mol. The zero-order valence-corrected chi connectivity index (χ0v) is 12.8. The first kappa shape index (κ1) is 16.0. The second-order valence-corrected chi connectivity index (χ2v) is 5.44. The Labute approximate surface area is 130 Å². The van der Waals surface area contributed by atoms with Gasteiger partial charge in [0, 0.05) is 0 Å². The van der Waals surface area contributed by atoms with E-state index in [-0.39, 0.29) is 6.61 Å². The summed E-state index contributed by atoms with van der Waals surface area (Å²) in [5.41, 5.74) is 0.485. The van der Waals surface area contributed by atoms with Crippen molar-refractivity contribution in [1.29, 1.82) is 0 Å². The highest BCUT2D eigenvalue weighted by Gasteiger charge is 2.31. The molecule has 0 aliphatic rings. The molecule has 0 aliphatic carbocycles. The third kappa shape index (κ3) is 4.09. The molecule has 0 heterocycles. The van der Waals surface area contributed by atoms with E-state index >= 15 is 0 Å². The molecule has 0 unspecified atom stereocenters. The molecule has 4 nitrogen and oxygen atoms in total. The lowest BCUT2D eigenvalue weighted by Crippen LogP contribution is -2.47. The van der Waals surface area contributed by atoms with Gasteiger partial charge in [-0.1, -0.05) is 60.7 Å². The molecule has 22 heavy (non-hydrogen) atoms. The second-order valence-electron chi connectivity index (χ2n) is 5.44. The molecule has 2 atom stereocenters. The Hall–Kier alpha value is -2.33. The van der Waals surface area contributed by atoms with Gasteiger partial charge in [0.15, 0.2) is 0 Å². The van der Waals surface area contributed by atoms with Crippen molar-refractivity contribution in [2.45, 2.75) is 32.1 Å². The second kappa shape index (κ2) is 7.09. The molecule has 2 aromatic carbocycles. The smallest absolute Gasteiger partial charge is 0.407 e. The SMILES string of the molecule is C[C@@H](NC(=O)OCc1ccccc1)[C@@](C)(O)c1ccccc1. The van der Waals surface area contributed by atoms with Gasteiger partial charge < -0.3 is 15.2 Å². The molecule has 0 bridgehead atoms. The minimum absolute atomic E-state index is 0.201. The van der Waals surface area contributed by atoms with Crippen LogP contribution in [0.4, 0.5) is 4.79 Å². The number of rotatable bonds is 5. The van der Waals surface area contributed by atoms with E-state index in [0.717, 1.165) is 11.1 Å². The highest BCUT2D eigenvalue weighted by atomic mass is 16.5. The number of alkyl carbamates (subject to hydrolysis) is 1. The fraction of sp³-hybridized carbons (Fsp3) is 0.278. The largest absolute Gasteiger partial charge is 0.445 e. The van der Waals surface area contributed by atoms with Crippen molar-refractivity contribution >= 4 is 6.09 Å². The first-order valence-corrected chi connectivity index (χ1v) is 7.25. The van der Waals surface area contributed by atoms with Crippen molar-refractivity contribution in [1.82, 2.24) is 5.32 Å². The number of ether oxygens (including phenoxy) is 1. The van der Waals surface area contributed by atoms with Gasteiger partial charge in [0.2, 0.25) is 0 Å². The van der Waals surface area contributed by atoms with E-state index in [1.165, 1.54) is 0 Å². The van der Waals surface area contributed by atoms with Gasteiger partial charge in [0.05, 0.1) is 6.04 Å². The van der Waals surface area contributed by atoms with Crippen LogP contribution in [0.15, 0.2) is 60.7 Å². The summed E-state index contributed by atoms with van der Waals surface area (Å²) >= 11 is 0. The summed E-state index contributed by atoms with van der Waals surface area (Å²) in [6.07, 6.45) is -0.549. The third-order valence-electron chi connectivity index (χ3n) is 3.75. The van der Waals surface area contributed by atoms with Crippen LogP contribution >= 0.6 is 0 Å². The Bertz CT molecular complexity index is 596. The number of benzene rings is 2. The van der Waals surface area contributed by atoms with Crippen LogP contribution < -0.4 is 5.32 Å². The quantitative estimate of drug-likeness (QED) is 0.891. The van der Waals surface area contributed by atoms with Crippen molar-refractivity contribution in [2.75, 3.05) is 0 Å². The minimum Gasteiger partial charge on any atom is -0.445 e. The Morgan fingerprint density at radius 2 is 1.68 bits per heavy atom. The van der Waals surface area contributed by atoms with Crippen molar-refractivity contribution in [3.05, 3.63) is 71.8 Å². The molecule has 0 aromatic heterocycles. The van der Waals surface area contributed by atoms with Crippen molar-refractivity contribution in [3.8, 4) is 0 Å². The number of carbonyl (C=O) groups excluding carboxylic acids is 1. The van der Waals surface area contributed by atoms with Gasteiger partial charge in [0.1, 0.15) is 12.2 Å². The maximum atomic E-state index is 11.9. The summed E-state index contributed by atoms with van der Waals surface area (Å²) in [4.78, 5) is 11.9. The van der Waals surface area contributed by atoms with Crippen molar-refractivity contribution in [3.63, 3.8) is 0 Å². The number of carbonyl (C=O) groups is 1. The van der Waals surface area contributed by atoms with Gasteiger partial charge in [-0.25, -0.2) is 4.79 Å². The fourth-order valence-corrected chi connectivity index (χ4v) is 2.11. The maximum absolute atomic E-state index is 11.9. The molecule has 0 saturated heterocycles. The zero-order valence-electron chi connectivity index (χ0n) is 12.8. The van der Waals surface area contributed by atoms with Gasteiger partial charge in [-0.05, 0) is 25.0 Å². The molecule has 2 rings (SSSR count). The molecule has 0 saturated carbocycles. The van der Waals surface area contributed by atoms with Gasteiger partial charge in [-0.3, -0.25) is 0 Å². The van der Waals surface area contributed by atoms with E-state index in [1.54, 1.807) is 13.8 Å². The molecule has 0 fully saturated rings. The number of hydrogen-bond acceptors (Lipinski definition) is 3. The molecule has 4 heteroatoms. The minimum atomic E-state index is -1.17. The van der Waals surface area contributed by atoms with Crippen molar-refractivity contribution < 1.29 is 14.6 Å². The van der Waals surface area contributed by atoms with E-state index in [9.17, 15) is 9.90 Å². The topological polar surface area (TPSA) is 58.6 Å². The van der Waals surface area contributed by atoms with Gasteiger partial charge >= 0.3 is 6.09 Å². The Morgan fingerprint density at radius 1 is 1.14 bits per heavy atom. The highest BCUT2D eigenvalue weighted by Crippen LogP contribution is 2.24. The summed E-state index contributed by atoms with van der Waals surface area (Å²) in [5, 5.41) is 13.3. The standard InChI is InChI=1S/C18H21NO3/c1-14(18(2,21)16-11-7-4-8-12-16)19-17(20)22-13-15-9-5-3-6-10-15/h3-12,14,21H,13H2,1-2H3,(H,19,20)/t14-,18-/m1/s1. The van der Waals surface area contributed by atoms with Crippen LogP contribution in [0.25, 0.3) is 0 Å². The molecule has 0 spiro atoms. The molecule has 2 aromatic rings. The van der Waals surface area contributed by atoms with Crippen LogP contribution in [-0.2, 0) is 16.9 Å². The first-order chi connectivity index (χ1) is 10.5. The van der Waals surface area contributed by atoms with Crippen LogP contribution in [0.1, 0.15) is 25.0 Å². The molecular weight excluding hydrogens is 278 g/mol. The number of hydrogen-bond donors (Lipinski definition) is 2. The lowest BCUT2D eigenvalue weighted by atomic mass is 9.89. The van der Waals surface area contributed by atoms with Gasteiger partial charge in [-0.15, -0.1) is 0 Å². The lowest BCUT2D eigenvalue weighted by Gasteiger charge is -2.31. The molecule has 0 aliphatic heterocycles. The van der Waals surface area contributed by atoms with E-state index in [2.05, 4.69) is 5.32 Å². The molecule has 2 N–H and O–H groups in total. The predicted octanol–water partition coefficient (Wildman–Crippen LogP) is 3.21. The normalized spacial score (nSPS) is 14.7. The van der Waals surface area contributed by atoms with Crippen molar-refractivity contribution in [2.24, 2.45) is 0 Å². The Kier molecular flexibility index (Phi) is 5.17. The Morgan fingerprint density at radius 3 is 2.27 bits per heavy atom.